The number of hydrogen-bond acceptors (Lipinski definition) is 7. The van der Waals surface area contributed by atoms with Gasteiger partial charge in [-0.3, -0.25) is 0 Å². The van der Waals surface area contributed by atoms with Crippen LogP contribution in [-0.2, 0) is 10.0 Å². The third-order valence-corrected chi connectivity index (χ3v) is 6.00. The maximum Gasteiger partial charge on any atom is 0.250 e. The van der Waals surface area contributed by atoms with Gasteiger partial charge >= 0.3 is 0 Å². The van der Waals surface area contributed by atoms with Crippen molar-refractivity contribution in [1.82, 2.24) is 14.7 Å². The summed E-state index contributed by atoms with van der Waals surface area (Å²) < 4.78 is 27.2. The summed E-state index contributed by atoms with van der Waals surface area (Å²) in [6, 6.07) is 4.91. The zero-order valence-electron chi connectivity index (χ0n) is 13.0. The summed E-state index contributed by atoms with van der Waals surface area (Å²) >= 11 is 6.78. The Bertz CT molecular complexity index is 776. The quantitative estimate of drug-likeness (QED) is 0.719. The van der Waals surface area contributed by atoms with Crippen molar-refractivity contribution in [2.75, 3.05) is 37.4 Å². The fourth-order valence-electron chi connectivity index (χ4n) is 1.73. The Morgan fingerprint density at radius 3 is 2.61 bits per heavy atom. The van der Waals surface area contributed by atoms with Crippen LogP contribution < -0.4 is 14.9 Å². The van der Waals surface area contributed by atoms with Gasteiger partial charge in [0.05, 0.1) is 4.34 Å². The average molecular weight is 376 g/mol. The summed E-state index contributed by atoms with van der Waals surface area (Å²) in [5.74, 6) is 1.25. The van der Waals surface area contributed by atoms with E-state index in [2.05, 4.69) is 20.0 Å². The number of anilines is 2. The van der Waals surface area contributed by atoms with Gasteiger partial charge in [0, 0.05) is 38.9 Å². The minimum Gasteiger partial charge on any atom is -0.363 e. The van der Waals surface area contributed by atoms with Crippen LogP contribution in [0.15, 0.2) is 22.4 Å². The van der Waals surface area contributed by atoms with Crippen LogP contribution >= 0.6 is 22.9 Å². The van der Waals surface area contributed by atoms with E-state index in [1.807, 2.05) is 32.0 Å². The van der Waals surface area contributed by atoms with E-state index in [0.717, 1.165) is 22.8 Å². The Hall–Kier alpha value is -1.42. The van der Waals surface area contributed by atoms with E-state index in [1.54, 1.807) is 6.07 Å². The molecule has 0 amide bonds. The molecule has 2 rings (SSSR count). The Morgan fingerprint density at radius 2 is 2.00 bits per heavy atom. The molecule has 2 aromatic rings. The standard InChI is InChI=1S/C13H18ClN5O2S2/c1-9-8-11(19(2)3)18-13(17-9)15-6-7-16-23(20,21)12-5-4-10(14)22-12/h4-5,8,16H,6-7H2,1-3H3,(H,15,17,18). The summed E-state index contributed by atoms with van der Waals surface area (Å²) in [5, 5.41) is 3.01. The molecule has 0 atom stereocenters. The van der Waals surface area contributed by atoms with Crippen molar-refractivity contribution in [2.45, 2.75) is 11.1 Å². The molecule has 7 nitrogen and oxygen atoms in total. The minimum atomic E-state index is -3.53. The zero-order chi connectivity index (χ0) is 17.0. The van der Waals surface area contributed by atoms with Gasteiger partial charge in [0.2, 0.25) is 16.0 Å². The van der Waals surface area contributed by atoms with Crippen molar-refractivity contribution in [3.63, 3.8) is 0 Å². The Morgan fingerprint density at radius 1 is 1.26 bits per heavy atom. The van der Waals surface area contributed by atoms with Crippen LogP contribution in [-0.4, -0.2) is 45.6 Å². The second-order valence-electron chi connectivity index (χ2n) is 4.97. The van der Waals surface area contributed by atoms with Gasteiger partial charge in [0.15, 0.2) is 0 Å². The molecule has 0 saturated carbocycles. The molecule has 10 heteroatoms. The number of nitrogens with one attached hydrogen (secondary N) is 2. The van der Waals surface area contributed by atoms with Crippen LogP contribution in [0, 0.1) is 6.92 Å². The highest BCUT2D eigenvalue weighted by atomic mass is 35.5. The lowest BCUT2D eigenvalue weighted by molar-refractivity contribution is 0.585. The molecule has 0 aromatic carbocycles. The van der Waals surface area contributed by atoms with Crippen molar-refractivity contribution in [3.8, 4) is 0 Å². The first-order chi connectivity index (χ1) is 10.8. The molecule has 2 heterocycles. The van der Waals surface area contributed by atoms with E-state index in [1.165, 1.54) is 6.07 Å². The highest BCUT2D eigenvalue weighted by molar-refractivity contribution is 7.91. The van der Waals surface area contributed by atoms with E-state index in [0.29, 0.717) is 16.8 Å². The van der Waals surface area contributed by atoms with Gasteiger partial charge in [-0.05, 0) is 19.1 Å². The lowest BCUT2D eigenvalue weighted by Crippen LogP contribution is -2.28. The molecule has 0 aliphatic rings. The second kappa shape index (κ2) is 7.43. The van der Waals surface area contributed by atoms with Gasteiger partial charge in [-0.1, -0.05) is 11.6 Å². The molecule has 0 radical (unpaired) electrons. The monoisotopic (exact) mass is 375 g/mol. The van der Waals surface area contributed by atoms with E-state index in [-0.39, 0.29) is 10.8 Å². The smallest absolute Gasteiger partial charge is 0.250 e. The number of sulfonamides is 1. The first-order valence-corrected chi connectivity index (χ1v) is 9.47. The van der Waals surface area contributed by atoms with E-state index in [9.17, 15) is 8.42 Å². The summed E-state index contributed by atoms with van der Waals surface area (Å²) in [6.07, 6.45) is 0. The van der Waals surface area contributed by atoms with Crippen LogP contribution in [0.1, 0.15) is 5.69 Å². The Balaban J connectivity index is 1.90. The van der Waals surface area contributed by atoms with Crippen LogP contribution in [0.4, 0.5) is 11.8 Å². The number of rotatable bonds is 7. The maximum absolute atomic E-state index is 12.0. The normalized spacial score (nSPS) is 11.5. The van der Waals surface area contributed by atoms with Crippen molar-refractivity contribution in [2.24, 2.45) is 0 Å². The molecule has 0 fully saturated rings. The van der Waals surface area contributed by atoms with E-state index >= 15 is 0 Å². The second-order valence-corrected chi connectivity index (χ2v) is 8.68. The predicted octanol–water partition coefficient (Wildman–Crippen LogP) is 1.96. The summed E-state index contributed by atoms with van der Waals surface area (Å²) in [6.45, 7) is 2.46. The summed E-state index contributed by atoms with van der Waals surface area (Å²) in [7, 11) is 0.261. The highest BCUT2D eigenvalue weighted by Crippen LogP contribution is 2.25. The molecule has 2 aromatic heterocycles. The van der Waals surface area contributed by atoms with Crippen molar-refractivity contribution in [3.05, 3.63) is 28.2 Å². The van der Waals surface area contributed by atoms with Gasteiger partial charge in [-0.2, -0.15) is 4.98 Å². The summed E-state index contributed by atoms with van der Waals surface area (Å²) in [4.78, 5) is 10.5. The molecule has 0 saturated heterocycles. The first-order valence-electron chi connectivity index (χ1n) is 6.80. The minimum absolute atomic E-state index is 0.198. The number of nitrogens with zero attached hydrogens (tertiary/aromatic N) is 3. The van der Waals surface area contributed by atoms with Gasteiger partial charge in [-0.15, -0.1) is 11.3 Å². The molecule has 0 aliphatic carbocycles. The lowest BCUT2D eigenvalue weighted by atomic mass is 10.4. The molecular weight excluding hydrogens is 358 g/mol. The van der Waals surface area contributed by atoms with Gasteiger partial charge < -0.3 is 10.2 Å². The van der Waals surface area contributed by atoms with E-state index in [4.69, 9.17) is 11.6 Å². The third kappa shape index (κ3) is 5.03. The molecular formula is C13H18ClN5O2S2. The fraction of sp³-hybridized carbons (Fsp3) is 0.385. The number of hydrogen-bond donors (Lipinski definition) is 2. The lowest BCUT2D eigenvalue weighted by Gasteiger charge is -2.13. The van der Waals surface area contributed by atoms with Crippen LogP contribution in [0.25, 0.3) is 0 Å². The highest BCUT2D eigenvalue weighted by Gasteiger charge is 2.15. The largest absolute Gasteiger partial charge is 0.363 e. The molecule has 0 aliphatic heterocycles. The topological polar surface area (TPSA) is 87.2 Å². The molecule has 0 bridgehead atoms. The average Bonchev–Trinajstić information content (AvgIpc) is 2.90. The van der Waals surface area contributed by atoms with E-state index < -0.39 is 10.0 Å². The number of halogens is 1. The van der Waals surface area contributed by atoms with Crippen LogP contribution in [0.2, 0.25) is 4.34 Å². The third-order valence-electron chi connectivity index (χ3n) is 2.81. The first kappa shape index (κ1) is 17.9. The molecule has 23 heavy (non-hydrogen) atoms. The van der Waals surface area contributed by atoms with Crippen LogP contribution in [0.3, 0.4) is 0 Å². The number of aromatic nitrogens is 2. The summed E-state index contributed by atoms with van der Waals surface area (Å²) in [5.41, 5.74) is 0.833. The number of thiophene rings is 1. The Labute approximate surface area is 144 Å². The van der Waals surface area contributed by atoms with Crippen molar-refractivity contribution >= 4 is 44.7 Å². The molecule has 126 valence electrons. The molecule has 0 unspecified atom stereocenters. The maximum atomic E-state index is 12.0. The van der Waals surface area contributed by atoms with Gasteiger partial charge in [0.1, 0.15) is 10.0 Å². The SMILES string of the molecule is Cc1cc(N(C)C)nc(NCCNS(=O)(=O)c2ccc(Cl)s2)n1. The zero-order valence-corrected chi connectivity index (χ0v) is 15.4. The van der Waals surface area contributed by atoms with Gasteiger partial charge in [-0.25, -0.2) is 18.1 Å². The molecule has 0 spiro atoms. The van der Waals surface area contributed by atoms with Crippen molar-refractivity contribution in [1.29, 1.82) is 0 Å². The predicted molar refractivity (Wildman–Crippen MR) is 94.1 cm³/mol. The molecule has 2 N–H and O–H groups in total. The van der Waals surface area contributed by atoms with Crippen molar-refractivity contribution < 1.29 is 8.42 Å². The Kier molecular flexibility index (Phi) is 5.79. The fourth-order valence-corrected chi connectivity index (χ4v) is 4.29. The van der Waals surface area contributed by atoms with Gasteiger partial charge in [0.25, 0.3) is 0 Å². The number of aryl methyl sites for hydroxylation is 1. The van der Waals surface area contributed by atoms with Crippen LogP contribution in [0.5, 0.6) is 0 Å².